The van der Waals surface area contributed by atoms with Crippen LogP contribution in [0, 0.1) is 15.9 Å². The van der Waals surface area contributed by atoms with E-state index in [0.717, 1.165) is 12.1 Å². The Morgan fingerprint density at radius 3 is 2.62 bits per heavy atom. The van der Waals surface area contributed by atoms with Crippen LogP contribution in [0.4, 0.5) is 15.8 Å². The molecule has 9 heteroatoms. The molecule has 1 amide bonds. The molecule has 0 saturated heterocycles. The van der Waals surface area contributed by atoms with Gasteiger partial charge in [-0.1, -0.05) is 18.2 Å². The molecule has 0 heterocycles. The number of halogens is 1. The van der Waals surface area contributed by atoms with Gasteiger partial charge in [-0.25, -0.2) is 0 Å². The maximum atomic E-state index is 13.2. The van der Waals surface area contributed by atoms with Gasteiger partial charge in [0.05, 0.1) is 4.92 Å². The van der Waals surface area contributed by atoms with Crippen molar-refractivity contribution in [2.45, 2.75) is 0 Å². The highest BCUT2D eigenvalue weighted by Gasteiger charge is 2.15. The van der Waals surface area contributed by atoms with Gasteiger partial charge in [-0.2, -0.15) is 4.39 Å². The first-order valence-corrected chi connectivity index (χ1v) is 7.09. The van der Waals surface area contributed by atoms with Crippen LogP contribution in [0.5, 0.6) is 5.75 Å². The van der Waals surface area contributed by atoms with Gasteiger partial charge in [0, 0.05) is 11.8 Å². The van der Waals surface area contributed by atoms with Crippen LogP contribution in [0.15, 0.2) is 48.5 Å². The number of thiocarbonyl (C=S) groups is 1. The van der Waals surface area contributed by atoms with Crippen LogP contribution in [0.3, 0.4) is 0 Å². The molecule has 2 aromatic rings. The van der Waals surface area contributed by atoms with Crippen LogP contribution in [0.1, 0.15) is 0 Å². The summed E-state index contributed by atoms with van der Waals surface area (Å²) in [7, 11) is 0. The normalized spacial score (nSPS) is 9.88. The fourth-order valence-electron chi connectivity index (χ4n) is 1.72. The highest BCUT2D eigenvalue weighted by Crippen LogP contribution is 2.21. The van der Waals surface area contributed by atoms with Crippen molar-refractivity contribution in [3.05, 3.63) is 64.5 Å². The number of anilines is 1. The van der Waals surface area contributed by atoms with Crippen LogP contribution in [0.25, 0.3) is 0 Å². The molecule has 0 radical (unpaired) electrons. The monoisotopic (exact) mass is 349 g/mol. The molecule has 124 valence electrons. The molecular weight excluding hydrogens is 337 g/mol. The Balaban J connectivity index is 1.87. The zero-order chi connectivity index (χ0) is 17.5. The van der Waals surface area contributed by atoms with Crippen molar-refractivity contribution in [1.82, 2.24) is 5.32 Å². The predicted octanol–water partition coefficient (Wildman–Crippen LogP) is 2.63. The third-order valence-electron chi connectivity index (χ3n) is 2.77. The van der Waals surface area contributed by atoms with Gasteiger partial charge in [-0.3, -0.25) is 20.2 Å². The quantitative estimate of drug-likeness (QED) is 0.490. The molecule has 0 saturated carbocycles. The molecule has 0 aromatic heterocycles. The first kappa shape index (κ1) is 17.3. The first-order chi connectivity index (χ1) is 11.5. The molecule has 24 heavy (non-hydrogen) atoms. The van der Waals surface area contributed by atoms with E-state index in [1.165, 1.54) is 6.07 Å². The number of nitro benzene ring substituents is 1. The van der Waals surface area contributed by atoms with E-state index in [9.17, 15) is 19.3 Å². The molecule has 7 nitrogen and oxygen atoms in total. The summed E-state index contributed by atoms with van der Waals surface area (Å²) in [6, 6.07) is 11.9. The minimum atomic E-state index is -0.961. The topological polar surface area (TPSA) is 93.5 Å². The lowest BCUT2D eigenvalue weighted by molar-refractivity contribution is -0.387. The number of nitro groups is 1. The molecule has 0 bridgehead atoms. The standard InChI is InChI=1S/C15H12FN3O4S/c16-12-7-6-10(8-13(12)19(21)22)17-15(24)18-14(20)9-23-11-4-2-1-3-5-11/h1-8H,9H2,(H2,17,18,20,24). The predicted molar refractivity (Wildman–Crippen MR) is 89.4 cm³/mol. The highest BCUT2D eigenvalue weighted by molar-refractivity contribution is 7.80. The summed E-state index contributed by atoms with van der Waals surface area (Å²) in [6.07, 6.45) is 0. The van der Waals surface area contributed by atoms with Gasteiger partial charge in [0.25, 0.3) is 5.91 Å². The van der Waals surface area contributed by atoms with E-state index in [-0.39, 0.29) is 17.4 Å². The average Bonchev–Trinajstić information content (AvgIpc) is 2.55. The number of para-hydroxylation sites is 1. The summed E-state index contributed by atoms with van der Waals surface area (Å²) >= 11 is 4.92. The molecule has 0 fully saturated rings. The molecule has 0 aliphatic carbocycles. The van der Waals surface area contributed by atoms with Gasteiger partial charge < -0.3 is 10.1 Å². The lowest BCUT2D eigenvalue weighted by Gasteiger charge is -2.10. The highest BCUT2D eigenvalue weighted by atomic mass is 32.1. The Bertz CT molecular complexity index is 771. The summed E-state index contributed by atoms with van der Waals surface area (Å²) in [6.45, 7) is -0.255. The number of ether oxygens (including phenoxy) is 1. The van der Waals surface area contributed by atoms with E-state index in [1.807, 2.05) is 6.07 Å². The lowest BCUT2D eigenvalue weighted by atomic mass is 10.2. The van der Waals surface area contributed by atoms with Gasteiger partial charge in [-0.05, 0) is 36.5 Å². The van der Waals surface area contributed by atoms with E-state index in [1.54, 1.807) is 24.3 Å². The van der Waals surface area contributed by atoms with Crippen molar-refractivity contribution >= 4 is 34.6 Å². The van der Waals surface area contributed by atoms with Crippen LogP contribution < -0.4 is 15.4 Å². The Kier molecular flexibility index (Phi) is 5.74. The second-order valence-electron chi connectivity index (χ2n) is 4.53. The number of carbonyl (C=O) groups excluding carboxylic acids is 1. The summed E-state index contributed by atoms with van der Waals surface area (Å²) in [5, 5.41) is 15.5. The number of nitrogens with zero attached hydrogens (tertiary/aromatic N) is 1. The minimum Gasteiger partial charge on any atom is -0.484 e. The van der Waals surface area contributed by atoms with Crippen LogP contribution in [-0.4, -0.2) is 22.5 Å². The number of hydrogen-bond donors (Lipinski definition) is 2. The van der Waals surface area contributed by atoms with Crippen molar-refractivity contribution in [3.8, 4) is 5.75 Å². The van der Waals surface area contributed by atoms with Gasteiger partial charge >= 0.3 is 5.69 Å². The SMILES string of the molecule is O=C(COc1ccccc1)NC(=S)Nc1ccc(F)c([N+](=O)[O-])c1. The molecule has 2 aromatic carbocycles. The minimum absolute atomic E-state index is 0.0856. The third-order valence-corrected chi connectivity index (χ3v) is 2.97. The number of nitrogens with one attached hydrogen (secondary N) is 2. The van der Waals surface area contributed by atoms with Gasteiger partial charge in [-0.15, -0.1) is 0 Å². The van der Waals surface area contributed by atoms with Crippen molar-refractivity contribution in [2.75, 3.05) is 11.9 Å². The Morgan fingerprint density at radius 2 is 1.96 bits per heavy atom. The number of amides is 1. The third kappa shape index (κ3) is 4.99. The molecule has 2 rings (SSSR count). The molecule has 0 aliphatic rings. The van der Waals surface area contributed by atoms with Gasteiger partial charge in [0.15, 0.2) is 11.7 Å². The zero-order valence-corrected chi connectivity index (χ0v) is 13.0. The average molecular weight is 349 g/mol. The summed E-state index contributed by atoms with van der Waals surface area (Å²) < 4.78 is 18.5. The lowest BCUT2D eigenvalue weighted by Crippen LogP contribution is -2.37. The number of rotatable bonds is 5. The maximum absolute atomic E-state index is 13.2. The fourth-order valence-corrected chi connectivity index (χ4v) is 1.95. The number of benzene rings is 2. The Morgan fingerprint density at radius 1 is 1.25 bits per heavy atom. The number of carbonyl (C=O) groups is 1. The smallest absolute Gasteiger partial charge is 0.306 e. The van der Waals surface area contributed by atoms with E-state index >= 15 is 0 Å². The van der Waals surface area contributed by atoms with Crippen LogP contribution in [-0.2, 0) is 4.79 Å². The molecule has 0 atom stereocenters. The second kappa shape index (κ2) is 7.97. The first-order valence-electron chi connectivity index (χ1n) is 6.68. The molecule has 2 N–H and O–H groups in total. The molecule has 0 aliphatic heterocycles. The molecule has 0 spiro atoms. The van der Waals surface area contributed by atoms with E-state index < -0.39 is 22.3 Å². The Labute approximate surface area is 141 Å². The maximum Gasteiger partial charge on any atom is 0.306 e. The second-order valence-corrected chi connectivity index (χ2v) is 4.94. The van der Waals surface area contributed by atoms with E-state index in [0.29, 0.717) is 5.75 Å². The molecular formula is C15H12FN3O4S. The molecule has 0 unspecified atom stereocenters. The van der Waals surface area contributed by atoms with Crippen LogP contribution in [0.2, 0.25) is 0 Å². The van der Waals surface area contributed by atoms with Gasteiger partial charge in [0.1, 0.15) is 5.75 Å². The fraction of sp³-hybridized carbons (Fsp3) is 0.0667. The largest absolute Gasteiger partial charge is 0.484 e. The van der Waals surface area contributed by atoms with E-state index in [2.05, 4.69) is 10.6 Å². The van der Waals surface area contributed by atoms with Crippen molar-refractivity contribution in [3.63, 3.8) is 0 Å². The van der Waals surface area contributed by atoms with Gasteiger partial charge in [0.2, 0.25) is 5.82 Å². The van der Waals surface area contributed by atoms with Crippen molar-refractivity contribution in [2.24, 2.45) is 0 Å². The summed E-state index contributed by atoms with van der Waals surface area (Å²) in [5.74, 6) is -0.939. The van der Waals surface area contributed by atoms with Crippen molar-refractivity contribution < 1.29 is 18.8 Å². The number of hydrogen-bond acceptors (Lipinski definition) is 5. The summed E-state index contributed by atoms with van der Waals surface area (Å²) in [5.41, 5.74) is -0.515. The van der Waals surface area contributed by atoms with Crippen LogP contribution >= 0.6 is 12.2 Å². The Hall–Kier alpha value is -3.07. The summed E-state index contributed by atoms with van der Waals surface area (Å²) in [4.78, 5) is 21.5. The van der Waals surface area contributed by atoms with Crippen molar-refractivity contribution in [1.29, 1.82) is 0 Å². The zero-order valence-electron chi connectivity index (χ0n) is 12.2. The van der Waals surface area contributed by atoms with E-state index in [4.69, 9.17) is 17.0 Å².